The van der Waals surface area contributed by atoms with Gasteiger partial charge in [-0.05, 0) is 25.1 Å². The highest BCUT2D eigenvalue weighted by molar-refractivity contribution is 6.08. The van der Waals surface area contributed by atoms with E-state index < -0.39 is 4.92 Å². The molecule has 2 aromatic rings. The third kappa shape index (κ3) is 3.95. The molecule has 1 heterocycles. The Balaban J connectivity index is 1.92. The number of aryl methyl sites for hydroxylation is 1. The first kappa shape index (κ1) is 16.9. The van der Waals surface area contributed by atoms with E-state index in [9.17, 15) is 14.9 Å². The van der Waals surface area contributed by atoms with Gasteiger partial charge in [0.25, 0.3) is 11.6 Å². The Hall–Kier alpha value is -2.93. The largest absolute Gasteiger partial charge is 0.378 e. The molecule has 0 saturated carbocycles. The van der Waals surface area contributed by atoms with E-state index in [2.05, 4.69) is 5.32 Å². The number of benzene rings is 2. The van der Waals surface area contributed by atoms with Gasteiger partial charge in [-0.2, -0.15) is 0 Å². The summed E-state index contributed by atoms with van der Waals surface area (Å²) in [5, 5.41) is 13.9. The molecular formula is C18H19N3O4. The van der Waals surface area contributed by atoms with Crippen LogP contribution in [-0.4, -0.2) is 37.1 Å². The van der Waals surface area contributed by atoms with Crippen LogP contribution in [0.4, 0.5) is 17.1 Å². The number of anilines is 2. The molecule has 1 fully saturated rings. The van der Waals surface area contributed by atoms with Crippen molar-refractivity contribution in [2.24, 2.45) is 0 Å². The van der Waals surface area contributed by atoms with E-state index in [-0.39, 0.29) is 17.2 Å². The van der Waals surface area contributed by atoms with Gasteiger partial charge in [-0.1, -0.05) is 17.7 Å². The molecule has 0 radical (unpaired) electrons. The molecule has 1 amide bonds. The summed E-state index contributed by atoms with van der Waals surface area (Å²) >= 11 is 0. The minimum Gasteiger partial charge on any atom is -0.378 e. The van der Waals surface area contributed by atoms with Gasteiger partial charge in [-0.3, -0.25) is 14.9 Å². The number of amides is 1. The average molecular weight is 341 g/mol. The number of morpholine rings is 1. The van der Waals surface area contributed by atoms with Crippen molar-refractivity contribution >= 4 is 23.0 Å². The third-order valence-corrected chi connectivity index (χ3v) is 4.10. The molecular weight excluding hydrogens is 322 g/mol. The number of carbonyl (C=O) groups is 1. The van der Waals surface area contributed by atoms with Crippen LogP contribution < -0.4 is 10.2 Å². The van der Waals surface area contributed by atoms with Crippen LogP contribution in [0.3, 0.4) is 0 Å². The first-order chi connectivity index (χ1) is 12.0. The lowest BCUT2D eigenvalue weighted by atomic mass is 10.1. The van der Waals surface area contributed by atoms with Gasteiger partial charge >= 0.3 is 0 Å². The van der Waals surface area contributed by atoms with Crippen LogP contribution >= 0.6 is 0 Å². The predicted octanol–water partition coefficient (Wildman–Crippen LogP) is 2.99. The standard InChI is InChI=1S/C18H19N3O4/c1-13-2-4-14(5-3-13)19-18(22)16-12-15(21(23)24)6-7-17(16)20-8-10-25-11-9-20/h2-7,12H,8-11H2,1H3,(H,19,22). The monoisotopic (exact) mass is 341 g/mol. The maximum absolute atomic E-state index is 12.7. The molecule has 7 heteroatoms. The number of hydrogen-bond donors (Lipinski definition) is 1. The molecule has 0 aromatic heterocycles. The topological polar surface area (TPSA) is 84.7 Å². The van der Waals surface area contributed by atoms with Crippen LogP contribution in [0.25, 0.3) is 0 Å². The Morgan fingerprint density at radius 3 is 2.48 bits per heavy atom. The molecule has 1 aliphatic heterocycles. The summed E-state index contributed by atoms with van der Waals surface area (Å²) in [4.78, 5) is 25.4. The lowest BCUT2D eigenvalue weighted by Crippen LogP contribution is -2.37. The minimum atomic E-state index is -0.494. The second-order valence-corrected chi connectivity index (χ2v) is 5.88. The lowest BCUT2D eigenvalue weighted by Gasteiger charge is -2.30. The second kappa shape index (κ2) is 7.31. The Morgan fingerprint density at radius 1 is 1.16 bits per heavy atom. The van der Waals surface area contributed by atoms with Crippen molar-refractivity contribution in [3.05, 3.63) is 63.7 Å². The van der Waals surface area contributed by atoms with E-state index in [4.69, 9.17) is 4.74 Å². The van der Waals surface area contributed by atoms with E-state index in [0.717, 1.165) is 5.56 Å². The van der Waals surface area contributed by atoms with E-state index in [1.807, 2.05) is 24.0 Å². The van der Waals surface area contributed by atoms with Gasteiger partial charge in [0.1, 0.15) is 0 Å². The van der Waals surface area contributed by atoms with Crippen LogP contribution in [0.1, 0.15) is 15.9 Å². The van der Waals surface area contributed by atoms with Gasteiger partial charge in [0, 0.05) is 30.9 Å². The number of non-ortho nitro benzene ring substituents is 1. The molecule has 1 saturated heterocycles. The number of ether oxygens (including phenoxy) is 1. The molecule has 130 valence electrons. The maximum atomic E-state index is 12.7. The Kier molecular flexibility index (Phi) is 4.95. The van der Waals surface area contributed by atoms with Crippen LogP contribution in [0.5, 0.6) is 0 Å². The summed E-state index contributed by atoms with van der Waals surface area (Å²) < 4.78 is 5.34. The summed E-state index contributed by atoms with van der Waals surface area (Å²) in [7, 11) is 0. The van der Waals surface area contributed by atoms with E-state index in [1.54, 1.807) is 18.2 Å². The number of nitrogens with zero attached hydrogens (tertiary/aromatic N) is 2. The zero-order valence-corrected chi connectivity index (χ0v) is 13.9. The first-order valence-electron chi connectivity index (χ1n) is 8.04. The fraction of sp³-hybridized carbons (Fsp3) is 0.278. The summed E-state index contributed by atoms with van der Waals surface area (Å²) in [5.41, 5.74) is 2.60. The number of nitrogens with one attached hydrogen (secondary N) is 1. The summed E-state index contributed by atoms with van der Waals surface area (Å²) in [5.74, 6) is -0.367. The molecule has 2 aromatic carbocycles. The highest BCUT2D eigenvalue weighted by Gasteiger charge is 2.22. The second-order valence-electron chi connectivity index (χ2n) is 5.88. The minimum absolute atomic E-state index is 0.105. The van der Waals surface area contributed by atoms with Gasteiger partial charge in [0.2, 0.25) is 0 Å². The molecule has 0 aliphatic carbocycles. The number of nitro groups is 1. The van der Waals surface area contributed by atoms with E-state index in [0.29, 0.717) is 37.7 Å². The SMILES string of the molecule is Cc1ccc(NC(=O)c2cc([N+](=O)[O-])ccc2N2CCOCC2)cc1. The molecule has 0 atom stereocenters. The number of carbonyl (C=O) groups excluding carboxylic acids is 1. The van der Waals surface area contributed by atoms with Crippen molar-refractivity contribution < 1.29 is 14.5 Å². The van der Waals surface area contributed by atoms with Crippen LogP contribution in [0, 0.1) is 17.0 Å². The smallest absolute Gasteiger partial charge is 0.270 e. The van der Waals surface area contributed by atoms with Gasteiger partial charge in [0.05, 0.1) is 29.4 Å². The maximum Gasteiger partial charge on any atom is 0.270 e. The molecule has 25 heavy (non-hydrogen) atoms. The molecule has 0 unspecified atom stereocenters. The van der Waals surface area contributed by atoms with Crippen molar-refractivity contribution in [2.45, 2.75) is 6.92 Å². The van der Waals surface area contributed by atoms with Crippen molar-refractivity contribution in [1.82, 2.24) is 0 Å². The van der Waals surface area contributed by atoms with Crippen LogP contribution in [0.2, 0.25) is 0 Å². The molecule has 0 bridgehead atoms. The van der Waals surface area contributed by atoms with E-state index in [1.165, 1.54) is 12.1 Å². The Morgan fingerprint density at radius 2 is 1.84 bits per heavy atom. The Bertz CT molecular complexity index is 783. The van der Waals surface area contributed by atoms with Crippen molar-refractivity contribution in [3.63, 3.8) is 0 Å². The zero-order valence-electron chi connectivity index (χ0n) is 13.9. The molecule has 3 rings (SSSR count). The van der Waals surface area contributed by atoms with Crippen LogP contribution in [-0.2, 0) is 4.74 Å². The predicted molar refractivity (Wildman–Crippen MR) is 95.3 cm³/mol. The van der Waals surface area contributed by atoms with Gasteiger partial charge < -0.3 is 15.0 Å². The van der Waals surface area contributed by atoms with Gasteiger partial charge in [-0.25, -0.2) is 0 Å². The molecule has 7 nitrogen and oxygen atoms in total. The van der Waals surface area contributed by atoms with Crippen molar-refractivity contribution in [3.8, 4) is 0 Å². The van der Waals surface area contributed by atoms with E-state index >= 15 is 0 Å². The molecule has 0 spiro atoms. The van der Waals surface area contributed by atoms with Crippen LogP contribution in [0.15, 0.2) is 42.5 Å². The lowest BCUT2D eigenvalue weighted by molar-refractivity contribution is -0.384. The van der Waals surface area contributed by atoms with Gasteiger partial charge in [0.15, 0.2) is 0 Å². The number of rotatable bonds is 4. The normalized spacial score (nSPS) is 14.2. The fourth-order valence-corrected chi connectivity index (χ4v) is 2.73. The quantitative estimate of drug-likeness (QED) is 0.682. The summed E-state index contributed by atoms with van der Waals surface area (Å²) in [6, 6.07) is 11.8. The summed E-state index contributed by atoms with van der Waals surface area (Å²) in [6.07, 6.45) is 0. The molecule has 1 aliphatic rings. The number of nitro benzene ring substituents is 1. The van der Waals surface area contributed by atoms with Crippen molar-refractivity contribution in [1.29, 1.82) is 0 Å². The van der Waals surface area contributed by atoms with Crippen molar-refractivity contribution in [2.75, 3.05) is 36.5 Å². The number of hydrogen-bond acceptors (Lipinski definition) is 5. The highest BCUT2D eigenvalue weighted by atomic mass is 16.6. The molecule has 1 N–H and O–H groups in total. The Labute approximate surface area is 145 Å². The fourth-order valence-electron chi connectivity index (χ4n) is 2.73. The third-order valence-electron chi connectivity index (χ3n) is 4.10. The summed E-state index contributed by atoms with van der Waals surface area (Å²) in [6.45, 7) is 4.37. The first-order valence-corrected chi connectivity index (χ1v) is 8.04. The van der Waals surface area contributed by atoms with Gasteiger partial charge in [-0.15, -0.1) is 0 Å². The zero-order chi connectivity index (χ0) is 17.8. The average Bonchev–Trinajstić information content (AvgIpc) is 2.63. The highest BCUT2D eigenvalue weighted by Crippen LogP contribution is 2.27.